The molecule has 5 nitrogen and oxygen atoms in total. The number of ether oxygens (including phenoxy) is 1. The van der Waals surface area contributed by atoms with E-state index in [-0.39, 0.29) is 5.75 Å². The summed E-state index contributed by atoms with van der Waals surface area (Å²) >= 11 is 0. The minimum atomic E-state index is -1.83. The number of esters is 1. The predicted octanol–water partition coefficient (Wildman–Crippen LogP) is 0.246. The van der Waals surface area contributed by atoms with Crippen molar-refractivity contribution in [2.24, 2.45) is 0 Å². The van der Waals surface area contributed by atoms with Gasteiger partial charge in [0.25, 0.3) is 0 Å². The Kier molecular flexibility index (Phi) is 2.96. The molecule has 0 saturated carbocycles. The lowest BCUT2D eigenvalue weighted by Crippen LogP contribution is -2.27. The number of ketones is 1. The molecule has 0 aliphatic heterocycles. The molecule has 1 N–H and O–H groups in total. The van der Waals surface area contributed by atoms with Gasteiger partial charge < -0.3 is 9.84 Å². The van der Waals surface area contributed by atoms with E-state index in [1.807, 2.05) is 0 Å². The molecule has 0 amide bonds. The van der Waals surface area contributed by atoms with Gasteiger partial charge in [-0.3, -0.25) is 4.79 Å². The minimum Gasteiger partial charge on any atom is -0.475 e. The Hall–Kier alpha value is -2.17. The summed E-state index contributed by atoms with van der Waals surface area (Å²) in [6.45, 7) is 0. The zero-order valence-electron chi connectivity index (χ0n) is 6.97. The second kappa shape index (κ2) is 4.18. The van der Waals surface area contributed by atoms with Gasteiger partial charge in [0.2, 0.25) is 0 Å². The van der Waals surface area contributed by atoms with Gasteiger partial charge in [0.05, 0.1) is 0 Å². The molecule has 0 aliphatic rings. The Bertz CT molecular complexity index is 368. The van der Waals surface area contributed by atoms with Crippen LogP contribution in [0.5, 0.6) is 5.75 Å². The maximum Gasteiger partial charge on any atom is 0.392 e. The van der Waals surface area contributed by atoms with Gasteiger partial charge in [-0.1, -0.05) is 18.2 Å². The highest BCUT2D eigenvalue weighted by atomic mass is 16.5. The van der Waals surface area contributed by atoms with Crippen molar-refractivity contribution in [3.8, 4) is 5.75 Å². The van der Waals surface area contributed by atoms with E-state index in [0.29, 0.717) is 0 Å². The van der Waals surface area contributed by atoms with Crippen LogP contribution in [-0.4, -0.2) is 22.8 Å². The summed E-state index contributed by atoms with van der Waals surface area (Å²) < 4.78 is 4.47. The summed E-state index contributed by atoms with van der Waals surface area (Å²) in [5.74, 6) is -4.68. The van der Waals surface area contributed by atoms with Gasteiger partial charge in [-0.05, 0) is 12.1 Å². The average Bonchev–Trinajstić information content (AvgIpc) is 2.18. The highest BCUT2D eigenvalue weighted by molar-refractivity contribution is 6.60. The van der Waals surface area contributed by atoms with Crippen LogP contribution >= 0.6 is 0 Å². The summed E-state index contributed by atoms with van der Waals surface area (Å²) in [5.41, 5.74) is 0. The van der Waals surface area contributed by atoms with Crippen molar-refractivity contribution >= 4 is 17.7 Å². The third-order valence-corrected chi connectivity index (χ3v) is 1.33. The van der Waals surface area contributed by atoms with Crippen LogP contribution in [0.2, 0.25) is 0 Å². The molecule has 0 unspecified atom stereocenters. The van der Waals surface area contributed by atoms with E-state index in [1.165, 1.54) is 12.1 Å². The molecule has 72 valence electrons. The number of para-hydroxylation sites is 1. The first-order valence-electron chi connectivity index (χ1n) is 3.65. The molecular formula is C9H6O5. The fourth-order valence-corrected chi connectivity index (χ4v) is 0.729. The van der Waals surface area contributed by atoms with Gasteiger partial charge >= 0.3 is 17.7 Å². The quantitative estimate of drug-likeness (QED) is 0.323. The van der Waals surface area contributed by atoms with Crippen molar-refractivity contribution in [1.29, 1.82) is 0 Å². The molecule has 5 heteroatoms. The first kappa shape index (κ1) is 9.91. The van der Waals surface area contributed by atoms with E-state index in [1.54, 1.807) is 18.2 Å². The largest absolute Gasteiger partial charge is 0.475 e. The number of carbonyl (C=O) groups is 3. The molecule has 1 aromatic carbocycles. The Balaban J connectivity index is 2.67. The third kappa shape index (κ3) is 2.41. The fraction of sp³-hybridized carbons (Fsp3) is 0. The number of benzene rings is 1. The van der Waals surface area contributed by atoms with Gasteiger partial charge in [0.1, 0.15) is 5.75 Å². The Labute approximate surface area is 78.9 Å². The molecular weight excluding hydrogens is 188 g/mol. The Morgan fingerprint density at radius 1 is 1.07 bits per heavy atom. The normalized spacial score (nSPS) is 9.14. The zero-order chi connectivity index (χ0) is 10.6. The lowest BCUT2D eigenvalue weighted by atomic mass is 10.3. The topological polar surface area (TPSA) is 80.7 Å². The predicted molar refractivity (Wildman–Crippen MR) is 44.7 cm³/mol. The van der Waals surface area contributed by atoms with E-state index in [4.69, 9.17) is 5.11 Å². The summed E-state index contributed by atoms with van der Waals surface area (Å²) in [5, 5.41) is 8.18. The molecule has 0 aliphatic carbocycles. The van der Waals surface area contributed by atoms with Gasteiger partial charge in [-0.2, -0.15) is 0 Å². The van der Waals surface area contributed by atoms with Crippen LogP contribution < -0.4 is 4.74 Å². The van der Waals surface area contributed by atoms with Gasteiger partial charge in [0.15, 0.2) is 0 Å². The summed E-state index contributed by atoms with van der Waals surface area (Å²) in [6.07, 6.45) is 0. The monoisotopic (exact) mass is 194 g/mol. The number of aliphatic carboxylic acids is 1. The molecule has 0 heterocycles. The van der Waals surface area contributed by atoms with Gasteiger partial charge in [-0.15, -0.1) is 0 Å². The maximum absolute atomic E-state index is 10.8. The second-order valence-electron chi connectivity index (χ2n) is 2.34. The first-order chi connectivity index (χ1) is 6.61. The molecule has 0 fully saturated rings. The summed E-state index contributed by atoms with van der Waals surface area (Å²) in [6, 6.07) is 7.75. The number of hydrogen-bond donors (Lipinski definition) is 1. The standard InChI is InChI=1S/C9H6O5/c10-7(8(11)12)9(13)14-6-4-2-1-3-5-6/h1-5H,(H,11,12). The van der Waals surface area contributed by atoms with Crippen LogP contribution in [0.3, 0.4) is 0 Å². The minimum absolute atomic E-state index is 0.132. The smallest absolute Gasteiger partial charge is 0.392 e. The van der Waals surface area contributed by atoms with Gasteiger partial charge in [0, 0.05) is 0 Å². The average molecular weight is 194 g/mol. The Morgan fingerprint density at radius 2 is 1.64 bits per heavy atom. The van der Waals surface area contributed by atoms with Crippen molar-refractivity contribution in [3.05, 3.63) is 30.3 Å². The zero-order valence-corrected chi connectivity index (χ0v) is 6.97. The van der Waals surface area contributed by atoms with Crippen LogP contribution in [0.15, 0.2) is 30.3 Å². The molecule has 0 atom stereocenters. The SMILES string of the molecule is O=C(O)C(=O)C(=O)Oc1ccccc1. The van der Waals surface area contributed by atoms with Crippen LogP contribution in [0.25, 0.3) is 0 Å². The van der Waals surface area contributed by atoms with Crippen LogP contribution in [0.1, 0.15) is 0 Å². The Morgan fingerprint density at radius 3 is 2.14 bits per heavy atom. The molecule has 1 aromatic rings. The first-order valence-corrected chi connectivity index (χ1v) is 3.65. The van der Waals surface area contributed by atoms with E-state index in [0.717, 1.165) is 0 Å². The highest BCUT2D eigenvalue weighted by Crippen LogP contribution is 2.08. The molecule has 0 radical (unpaired) electrons. The van der Waals surface area contributed by atoms with Crippen molar-refractivity contribution < 1.29 is 24.2 Å². The van der Waals surface area contributed by atoms with Gasteiger partial charge in [-0.25, -0.2) is 9.59 Å². The number of carbonyl (C=O) groups excluding carboxylic acids is 2. The number of carboxylic acid groups (broad SMARTS) is 1. The van der Waals surface area contributed by atoms with E-state index in [2.05, 4.69) is 4.74 Å². The number of hydrogen-bond acceptors (Lipinski definition) is 4. The molecule has 0 aromatic heterocycles. The molecule has 14 heavy (non-hydrogen) atoms. The third-order valence-electron chi connectivity index (χ3n) is 1.33. The lowest BCUT2D eigenvalue weighted by Gasteiger charge is -1.99. The summed E-state index contributed by atoms with van der Waals surface area (Å²) in [4.78, 5) is 31.5. The molecule has 0 saturated heterocycles. The highest BCUT2D eigenvalue weighted by Gasteiger charge is 2.23. The number of carboxylic acids is 1. The molecule has 1 rings (SSSR count). The molecule has 0 bridgehead atoms. The fourth-order valence-electron chi connectivity index (χ4n) is 0.729. The summed E-state index contributed by atoms with van der Waals surface area (Å²) in [7, 11) is 0. The van der Waals surface area contributed by atoms with Crippen LogP contribution in [0, 0.1) is 0 Å². The number of rotatable bonds is 3. The van der Waals surface area contributed by atoms with E-state index in [9.17, 15) is 14.4 Å². The van der Waals surface area contributed by atoms with Crippen LogP contribution in [0.4, 0.5) is 0 Å². The van der Waals surface area contributed by atoms with E-state index < -0.39 is 17.7 Å². The van der Waals surface area contributed by atoms with Crippen LogP contribution in [-0.2, 0) is 14.4 Å². The molecule has 0 spiro atoms. The van der Waals surface area contributed by atoms with E-state index >= 15 is 0 Å². The van der Waals surface area contributed by atoms with Crippen molar-refractivity contribution in [1.82, 2.24) is 0 Å². The van der Waals surface area contributed by atoms with Crippen molar-refractivity contribution in [2.45, 2.75) is 0 Å². The maximum atomic E-state index is 10.8. The lowest BCUT2D eigenvalue weighted by molar-refractivity contribution is -0.157. The second-order valence-corrected chi connectivity index (χ2v) is 2.34. The van der Waals surface area contributed by atoms with Crippen molar-refractivity contribution in [3.63, 3.8) is 0 Å². The number of Topliss-reactive ketones (excluding diaryl/α,β-unsaturated/α-hetero) is 1. The van der Waals surface area contributed by atoms with Crippen molar-refractivity contribution in [2.75, 3.05) is 0 Å².